The van der Waals surface area contributed by atoms with Gasteiger partial charge in [-0.15, -0.1) is 0 Å². The molecule has 0 atom stereocenters. The Kier molecular flexibility index (Phi) is 5.84. The molecule has 0 aliphatic heterocycles. The van der Waals surface area contributed by atoms with Crippen LogP contribution in [0.5, 0.6) is 0 Å². The zero-order chi connectivity index (χ0) is 17.7. The minimum Gasteiger partial charge on any atom is -0.385 e. The number of alkyl halides is 3. The Labute approximate surface area is 141 Å². The van der Waals surface area contributed by atoms with E-state index in [-0.39, 0.29) is 22.4 Å². The highest BCUT2D eigenvalue weighted by atomic mass is 35.5. The molecule has 1 amide bonds. The van der Waals surface area contributed by atoms with E-state index in [0.717, 1.165) is 6.07 Å². The summed E-state index contributed by atoms with van der Waals surface area (Å²) in [6.45, 7) is 0.916. The molecule has 0 spiro atoms. The van der Waals surface area contributed by atoms with Gasteiger partial charge in [0.15, 0.2) is 5.82 Å². The summed E-state index contributed by atoms with van der Waals surface area (Å²) in [5, 5.41) is 2.49. The lowest BCUT2D eigenvalue weighted by molar-refractivity contribution is -0.137. The minimum atomic E-state index is -4.53. The Morgan fingerprint density at radius 2 is 2.21 bits per heavy atom. The lowest BCUT2D eigenvalue weighted by Crippen LogP contribution is -2.27. The molecule has 24 heavy (non-hydrogen) atoms. The molecule has 130 valence electrons. The fourth-order valence-corrected chi connectivity index (χ4v) is 2.28. The number of methoxy groups -OCH3 is 1. The maximum absolute atomic E-state index is 12.7. The molecule has 0 unspecified atom stereocenters. The molecule has 2 aromatic heterocycles. The van der Waals surface area contributed by atoms with E-state index in [1.54, 1.807) is 13.2 Å². The number of hydrogen-bond acceptors (Lipinski definition) is 3. The number of nitrogens with one attached hydrogen (secondary N) is 1. The van der Waals surface area contributed by atoms with Gasteiger partial charge in [0.2, 0.25) is 0 Å². The number of amides is 1. The third kappa shape index (κ3) is 4.27. The van der Waals surface area contributed by atoms with Crippen LogP contribution in [-0.2, 0) is 10.9 Å². The fourth-order valence-electron chi connectivity index (χ4n) is 2.02. The molecule has 0 saturated heterocycles. The van der Waals surface area contributed by atoms with Crippen molar-refractivity contribution in [1.29, 1.82) is 0 Å². The Hall–Kier alpha value is -2.06. The van der Waals surface area contributed by atoms with Crippen molar-refractivity contribution >= 4 is 17.5 Å². The zero-order valence-corrected chi connectivity index (χ0v) is 13.5. The second-order valence-electron chi connectivity index (χ2n) is 4.89. The number of nitrogens with zero attached hydrogens (tertiary/aromatic N) is 2. The molecule has 0 fully saturated rings. The van der Waals surface area contributed by atoms with E-state index in [4.69, 9.17) is 16.3 Å². The first-order valence-electron chi connectivity index (χ1n) is 7.02. The highest BCUT2D eigenvalue weighted by Crippen LogP contribution is 2.32. The van der Waals surface area contributed by atoms with Crippen LogP contribution in [0, 0.1) is 0 Å². The average molecular weight is 362 g/mol. The van der Waals surface area contributed by atoms with Crippen molar-refractivity contribution in [2.75, 3.05) is 20.3 Å². The van der Waals surface area contributed by atoms with E-state index in [0.29, 0.717) is 25.8 Å². The van der Waals surface area contributed by atoms with E-state index >= 15 is 0 Å². The maximum Gasteiger partial charge on any atom is 0.417 e. The number of halogens is 4. The molecule has 2 heterocycles. The van der Waals surface area contributed by atoms with Crippen molar-refractivity contribution in [2.45, 2.75) is 12.6 Å². The van der Waals surface area contributed by atoms with Crippen molar-refractivity contribution < 1.29 is 22.7 Å². The van der Waals surface area contributed by atoms with Crippen LogP contribution in [-0.4, -0.2) is 35.7 Å². The molecule has 9 heteroatoms. The predicted octanol–water partition coefficient (Wildman–Crippen LogP) is 3.31. The third-order valence-corrected chi connectivity index (χ3v) is 3.45. The quantitative estimate of drug-likeness (QED) is 0.803. The molecule has 0 aliphatic carbocycles. The molecular weight excluding hydrogens is 347 g/mol. The molecule has 1 N–H and O–H groups in total. The van der Waals surface area contributed by atoms with E-state index in [2.05, 4.69) is 10.3 Å². The predicted molar refractivity (Wildman–Crippen MR) is 82.4 cm³/mol. The lowest BCUT2D eigenvalue weighted by atomic mass is 10.2. The number of hydrogen-bond donors (Lipinski definition) is 1. The topological polar surface area (TPSA) is 56.1 Å². The van der Waals surface area contributed by atoms with Crippen LogP contribution in [0.1, 0.15) is 22.5 Å². The van der Waals surface area contributed by atoms with E-state index in [1.807, 2.05) is 0 Å². The number of aromatic nitrogens is 2. The first kappa shape index (κ1) is 18.3. The summed E-state index contributed by atoms with van der Waals surface area (Å²) in [5.74, 6) is -0.328. The van der Waals surface area contributed by atoms with Crippen LogP contribution in [0.15, 0.2) is 30.6 Å². The van der Waals surface area contributed by atoms with Crippen LogP contribution in [0.2, 0.25) is 5.02 Å². The Morgan fingerprint density at radius 3 is 2.83 bits per heavy atom. The van der Waals surface area contributed by atoms with Crippen LogP contribution in [0.3, 0.4) is 0 Å². The van der Waals surface area contributed by atoms with Gasteiger partial charge in [-0.05, 0) is 24.6 Å². The number of carbonyl (C=O) groups is 1. The average Bonchev–Trinajstić information content (AvgIpc) is 2.99. The third-order valence-electron chi connectivity index (χ3n) is 3.17. The van der Waals surface area contributed by atoms with Gasteiger partial charge in [0.05, 0.1) is 10.6 Å². The monoisotopic (exact) mass is 361 g/mol. The smallest absolute Gasteiger partial charge is 0.385 e. The van der Waals surface area contributed by atoms with Gasteiger partial charge >= 0.3 is 6.18 Å². The van der Waals surface area contributed by atoms with Crippen LogP contribution in [0.4, 0.5) is 13.2 Å². The van der Waals surface area contributed by atoms with Crippen LogP contribution >= 0.6 is 11.6 Å². The minimum absolute atomic E-state index is 0.0525. The maximum atomic E-state index is 12.7. The van der Waals surface area contributed by atoms with Crippen molar-refractivity contribution in [1.82, 2.24) is 14.9 Å². The summed E-state index contributed by atoms with van der Waals surface area (Å²) in [6, 6.07) is 3.89. The molecule has 0 aromatic carbocycles. The SMILES string of the molecule is COCCCNC(=O)c1cccn1-c1ncc(C(F)(F)F)cc1Cl. The van der Waals surface area contributed by atoms with Crippen molar-refractivity contribution in [3.05, 3.63) is 46.9 Å². The first-order chi connectivity index (χ1) is 11.3. The number of rotatable bonds is 6. The Balaban J connectivity index is 2.22. The lowest BCUT2D eigenvalue weighted by Gasteiger charge is -2.12. The van der Waals surface area contributed by atoms with Gasteiger partial charge in [-0.25, -0.2) is 4.98 Å². The zero-order valence-electron chi connectivity index (χ0n) is 12.7. The summed E-state index contributed by atoms with van der Waals surface area (Å²) in [4.78, 5) is 15.9. The molecular formula is C15H15ClF3N3O2. The summed E-state index contributed by atoms with van der Waals surface area (Å²) < 4.78 is 44.2. The summed E-state index contributed by atoms with van der Waals surface area (Å²) in [7, 11) is 1.56. The molecule has 5 nitrogen and oxygen atoms in total. The molecule has 0 saturated carbocycles. The van der Waals surface area contributed by atoms with Gasteiger partial charge in [-0.3, -0.25) is 9.36 Å². The molecule has 0 aliphatic rings. The van der Waals surface area contributed by atoms with Gasteiger partial charge in [-0.2, -0.15) is 13.2 Å². The van der Waals surface area contributed by atoms with Crippen LogP contribution < -0.4 is 5.32 Å². The Morgan fingerprint density at radius 1 is 1.46 bits per heavy atom. The molecule has 2 rings (SSSR count). The summed E-state index contributed by atoms with van der Waals surface area (Å²) in [6.07, 6.45) is -1.71. The first-order valence-corrected chi connectivity index (χ1v) is 7.40. The number of ether oxygens (including phenoxy) is 1. The Bertz CT molecular complexity index is 716. The van der Waals surface area contributed by atoms with Gasteiger partial charge in [0, 0.05) is 32.7 Å². The van der Waals surface area contributed by atoms with E-state index < -0.39 is 11.7 Å². The normalized spacial score (nSPS) is 11.5. The molecule has 0 radical (unpaired) electrons. The van der Waals surface area contributed by atoms with Gasteiger partial charge in [-0.1, -0.05) is 11.6 Å². The summed E-state index contributed by atoms with van der Waals surface area (Å²) >= 11 is 5.92. The summed E-state index contributed by atoms with van der Waals surface area (Å²) in [5.41, 5.74) is -0.726. The fraction of sp³-hybridized carbons (Fsp3) is 0.333. The van der Waals surface area contributed by atoms with Gasteiger partial charge in [0.1, 0.15) is 5.69 Å². The largest absolute Gasteiger partial charge is 0.417 e. The van der Waals surface area contributed by atoms with E-state index in [9.17, 15) is 18.0 Å². The van der Waals surface area contributed by atoms with Crippen molar-refractivity contribution in [3.63, 3.8) is 0 Å². The molecule has 2 aromatic rings. The highest BCUT2D eigenvalue weighted by molar-refractivity contribution is 6.32. The van der Waals surface area contributed by atoms with E-state index in [1.165, 1.54) is 16.8 Å². The second-order valence-corrected chi connectivity index (χ2v) is 5.30. The van der Waals surface area contributed by atoms with Crippen molar-refractivity contribution in [3.8, 4) is 5.82 Å². The second kappa shape index (κ2) is 7.67. The number of carbonyl (C=O) groups excluding carboxylic acids is 1. The highest BCUT2D eigenvalue weighted by Gasteiger charge is 2.32. The van der Waals surface area contributed by atoms with Crippen molar-refractivity contribution in [2.24, 2.45) is 0 Å². The number of pyridine rings is 1. The molecule has 0 bridgehead atoms. The standard InChI is InChI=1S/C15H15ClF3N3O2/c1-24-7-3-5-20-14(23)12-4-2-6-22(12)13-11(16)8-10(9-21-13)15(17,18)19/h2,4,6,8-9H,3,5,7H2,1H3,(H,20,23). The van der Waals surface area contributed by atoms with Crippen LogP contribution in [0.25, 0.3) is 5.82 Å². The van der Waals surface area contributed by atoms with Gasteiger partial charge in [0.25, 0.3) is 5.91 Å². The van der Waals surface area contributed by atoms with Gasteiger partial charge < -0.3 is 10.1 Å².